The van der Waals surface area contributed by atoms with Crippen LogP contribution in [0.2, 0.25) is 0 Å². The molecule has 0 amide bonds. The van der Waals surface area contributed by atoms with Crippen molar-refractivity contribution in [3.8, 4) is 0 Å². The van der Waals surface area contributed by atoms with E-state index in [2.05, 4.69) is 19.8 Å². The average molecular weight is 428 g/mol. The first-order valence-corrected chi connectivity index (χ1v) is 10.7. The van der Waals surface area contributed by atoms with Crippen LogP contribution in [0.4, 0.5) is 10.8 Å². The molecule has 0 radical (unpaired) electrons. The van der Waals surface area contributed by atoms with Crippen molar-refractivity contribution in [3.63, 3.8) is 0 Å². The minimum absolute atomic E-state index is 0.0477. The van der Waals surface area contributed by atoms with E-state index in [9.17, 15) is 14.9 Å². The third-order valence-electron chi connectivity index (χ3n) is 4.96. The molecule has 4 aromatic rings. The van der Waals surface area contributed by atoms with Crippen molar-refractivity contribution in [2.75, 3.05) is 31.1 Å². The van der Waals surface area contributed by atoms with Gasteiger partial charge in [-0.25, -0.2) is 9.97 Å². The Labute approximate surface area is 172 Å². The molecule has 1 aliphatic rings. The quantitative estimate of drug-likeness (QED) is 0.364. The number of thiazole rings is 2. The van der Waals surface area contributed by atoms with Crippen molar-refractivity contribution in [2.24, 2.45) is 0 Å². The molecule has 148 valence electrons. The lowest BCUT2D eigenvalue weighted by atomic mass is 10.3. The number of nitrogens with zero attached hydrogens (tertiary/aromatic N) is 6. The molecule has 1 fully saturated rings. The number of aromatic nitrogens is 3. The summed E-state index contributed by atoms with van der Waals surface area (Å²) >= 11 is 2.94. The second-order valence-corrected chi connectivity index (χ2v) is 8.69. The molecule has 1 aliphatic heterocycles. The summed E-state index contributed by atoms with van der Waals surface area (Å²) in [7, 11) is 0. The Bertz CT molecular complexity index is 1270. The monoisotopic (exact) mass is 428 g/mol. The van der Waals surface area contributed by atoms with E-state index >= 15 is 0 Å². The van der Waals surface area contributed by atoms with E-state index in [0.29, 0.717) is 6.54 Å². The van der Waals surface area contributed by atoms with Gasteiger partial charge < -0.3 is 4.90 Å². The minimum atomic E-state index is -0.384. The molecule has 3 aromatic heterocycles. The topological polar surface area (TPSA) is 96.9 Å². The molecule has 29 heavy (non-hydrogen) atoms. The van der Waals surface area contributed by atoms with Gasteiger partial charge >= 0.3 is 0 Å². The number of piperazine rings is 1. The molecule has 4 heterocycles. The van der Waals surface area contributed by atoms with Gasteiger partial charge in [0.1, 0.15) is 0 Å². The van der Waals surface area contributed by atoms with Gasteiger partial charge in [-0.3, -0.25) is 24.2 Å². The second kappa shape index (κ2) is 7.17. The number of hydrogen-bond acceptors (Lipinski definition) is 9. The van der Waals surface area contributed by atoms with Gasteiger partial charge in [-0.2, -0.15) is 0 Å². The molecule has 0 atom stereocenters. The molecule has 9 nitrogen and oxygen atoms in total. The van der Waals surface area contributed by atoms with E-state index in [0.717, 1.165) is 52.2 Å². The molecule has 0 aliphatic carbocycles. The predicted octanol–water partition coefficient (Wildman–Crippen LogP) is 2.60. The molecular weight excluding hydrogens is 412 g/mol. The summed E-state index contributed by atoms with van der Waals surface area (Å²) in [5, 5.41) is 13.7. The van der Waals surface area contributed by atoms with Crippen LogP contribution in [0.3, 0.4) is 0 Å². The zero-order chi connectivity index (χ0) is 20.0. The number of non-ortho nitro benzene ring substituents is 1. The highest BCUT2D eigenvalue weighted by Gasteiger charge is 2.21. The molecule has 5 rings (SSSR count). The van der Waals surface area contributed by atoms with Gasteiger partial charge in [0.15, 0.2) is 10.1 Å². The van der Waals surface area contributed by atoms with Crippen LogP contribution in [0.1, 0.15) is 5.69 Å². The molecule has 0 unspecified atom stereocenters. The highest BCUT2D eigenvalue weighted by atomic mass is 32.1. The van der Waals surface area contributed by atoms with E-state index in [1.54, 1.807) is 28.8 Å². The van der Waals surface area contributed by atoms with Crippen molar-refractivity contribution in [3.05, 3.63) is 62.0 Å². The van der Waals surface area contributed by atoms with Crippen LogP contribution in [0.5, 0.6) is 0 Å². The number of fused-ring (bicyclic) bond motifs is 2. The Kier molecular flexibility index (Phi) is 4.49. The first kappa shape index (κ1) is 18.2. The SMILES string of the molecule is O=c1cc(CN2CCN(c3nc4ccc([N+](=O)[O-])cc4s3)CC2)nc2sccn12. The summed E-state index contributed by atoms with van der Waals surface area (Å²) in [6, 6.07) is 6.38. The van der Waals surface area contributed by atoms with Crippen LogP contribution in [0.15, 0.2) is 40.6 Å². The number of rotatable bonds is 4. The molecule has 11 heteroatoms. The van der Waals surface area contributed by atoms with Gasteiger partial charge in [0, 0.05) is 62.5 Å². The molecule has 0 bridgehead atoms. The van der Waals surface area contributed by atoms with E-state index in [1.807, 2.05) is 5.38 Å². The van der Waals surface area contributed by atoms with Crippen molar-refractivity contribution in [1.82, 2.24) is 19.3 Å². The van der Waals surface area contributed by atoms with Crippen LogP contribution in [-0.4, -0.2) is 50.4 Å². The van der Waals surface area contributed by atoms with Gasteiger partial charge in [-0.05, 0) is 6.07 Å². The van der Waals surface area contributed by atoms with Crippen LogP contribution < -0.4 is 10.5 Å². The lowest BCUT2D eigenvalue weighted by Crippen LogP contribution is -2.46. The minimum Gasteiger partial charge on any atom is -0.345 e. The molecule has 1 saturated heterocycles. The Morgan fingerprint density at radius 2 is 1.97 bits per heavy atom. The fraction of sp³-hybridized carbons (Fsp3) is 0.278. The third-order valence-corrected chi connectivity index (χ3v) is 6.79. The van der Waals surface area contributed by atoms with Crippen molar-refractivity contribution < 1.29 is 4.92 Å². The summed E-state index contributed by atoms with van der Waals surface area (Å²) in [6.45, 7) is 3.93. The van der Waals surface area contributed by atoms with Crippen molar-refractivity contribution in [1.29, 1.82) is 0 Å². The summed E-state index contributed by atoms with van der Waals surface area (Å²) in [5.41, 5.74) is 1.61. The maximum atomic E-state index is 12.1. The first-order chi connectivity index (χ1) is 14.1. The summed E-state index contributed by atoms with van der Waals surface area (Å²) < 4.78 is 2.38. The number of benzene rings is 1. The largest absolute Gasteiger partial charge is 0.345 e. The molecule has 0 spiro atoms. The smallest absolute Gasteiger partial charge is 0.270 e. The van der Waals surface area contributed by atoms with Gasteiger partial charge in [-0.1, -0.05) is 11.3 Å². The molecule has 1 aromatic carbocycles. The van der Waals surface area contributed by atoms with Crippen LogP contribution in [-0.2, 0) is 6.54 Å². The molecule has 0 saturated carbocycles. The summed E-state index contributed by atoms with van der Waals surface area (Å²) in [6.07, 6.45) is 1.74. The zero-order valence-electron chi connectivity index (χ0n) is 15.2. The first-order valence-electron chi connectivity index (χ1n) is 9.05. The number of anilines is 1. The van der Waals surface area contributed by atoms with Crippen LogP contribution in [0.25, 0.3) is 15.2 Å². The Balaban J connectivity index is 1.28. The van der Waals surface area contributed by atoms with Gasteiger partial charge in [0.25, 0.3) is 11.2 Å². The molecular formula is C18H16N6O3S2. The van der Waals surface area contributed by atoms with E-state index < -0.39 is 0 Å². The van der Waals surface area contributed by atoms with Crippen molar-refractivity contribution >= 4 is 48.7 Å². The number of hydrogen-bond donors (Lipinski definition) is 0. The summed E-state index contributed by atoms with van der Waals surface area (Å²) in [4.78, 5) is 37.1. The van der Waals surface area contributed by atoms with E-state index in [-0.39, 0.29) is 16.2 Å². The number of nitro benzene ring substituents is 1. The van der Waals surface area contributed by atoms with E-state index in [1.165, 1.54) is 28.7 Å². The average Bonchev–Trinajstić information content (AvgIpc) is 3.34. The zero-order valence-corrected chi connectivity index (χ0v) is 16.9. The normalized spacial score (nSPS) is 15.4. The Morgan fingerprint density at radius 1 is 1.14 bits per heavy atom. The van der Waals surface area contributed by atoms with Gasteiger partial charge in [-0.15, -0.1) is 11.3 Å². The third kappa shape index (κ3) is 3.48. The van der Waals surface area contributed by atoms with Crippen molar-refractivity contribution in [2.45, 2.75) is 6.54 Å². The van der Waals surface area contributed by atoms with Crippen LogP contribution >= 0.6 is 22.7 Å². The predicted molar refractivity (Wildman–Crippen MR) is 113 cm³/mol. The lowest BCUT2D eigenvalue weighted by molar-refractivity contribution is -0.384. The Hall–Kier alpha value is -2.89. The maximum absolute atomic E-state index is 12.1. The van der Waals surface area contributed by atoms with Gasteiger partial charge in [0.05, 0.1) is 20.8 Å². The summed E-state index contributed by atoms with van der Waals surface area (Å²) in [5.74, 6) is 0. The second-order valence-electron chi connectivity index (χ2n) is 6.81. The standard InChI is InChI=1S/C18H16N6O3S2/c25-16-9-12(19-18-23(16)7-8-28-18)11-21-3-5-22(6-4-21)17-20-14-2-1-13(24(26)27)10-15(14)29-17/h1-2,7-10H,3-6,11H2. The Morgan fingerprint density at radius 3 is 2.76 bits per heavy atom. The fourth-order valence-electron chi connectivity index (χ4n) is 3.45. The van der Waals surface area contributed by atoms with E-state index in [4.69, 9.17) is 0 Å². The highest BCUT2D eigenvalue weighted by Crippen LogP contribution is 2.31. The molecule has 0 N–H and O–H groups in total. The highest BCUT2D eigenvalue weighted by molar-refractivity contribution is 7.22. The van der Waals surface area contributed by atoms with Gasteiger partial charge in [0.2, 0.25) is 0 Å². The lowest BCUT2D eigenvalue weighted by Gasteiger charge is -2.34. The maximum Gasteiger partial charge on any atom is 0.270 e. The number of nitro groups is 1. The fourth-order valence-corrected chi connectivity index (χ4v) is 5.23. The van der Waals surface area contributed by atoms with Crippen LogP contribution in [0, 0.1) is 10.1 Å².